The number of rotatable bonds is 6. The first kappa shape index (κ1) is 23.1. The summed E-state index contributed by atoms with van der Waals surface area (Å²) in [5.74, 6) is 0.675. The minimum Gasteiger partial charge on any atom is -0.493 e. The molecule has 2 fully saturated rings. The van der Waals surface area contributed by atoms with Crippen LogP contribution in [0.2, 0.25) is 0 Å². The van der Waals surface area contributed by atoms with Crippen LogP contribution in [0.1, 0.15) is 23.2 Å². The lowest BCUT2D eigenvalue weighted by molar-refractivity contribution is -0.117. The summed E-state index contributed by atoms with van der Waals surface area (Å²) in [6.45, 7) is 1.58. The van der Waals surface area contributed by atoms with Gasteiger partial charge in [0.2, 0.25) is 15.9 Å². The number of carbonyl (C=O) groups excluding carboxylic acids is 2. The summed E-state index contributed by atoms with van der Waals surface area (Å²) in [7, 11) is -0.803. The van der Waals surface area contributed by atoms with Crippen molar-refractivity contribution in [1.29, 1.82) is 0 Å². The highest BCUT2D eigenvalue weighted by molar-refractivity contribution is 7.89. The summed E-state index contributed by atoms with van der Waals surface area (Å²) in [5.41, 5.74) is 1.21. The minimum absolute atomic E-state index is 0.0635. The zero-order chi connectivity index (χ0) is 23.6. The summed E-state index contributed by atoms with van der Waals surface area (Å²) < 4.78 is 38.0. The van der Waals surface area contributed by atoms with Gasteiger partial charge in [-0.15, -0.1) is 0 Å². The number of anilines is 1. The van der Waals surface area contributed by atoms with Crippen molar-refractivity contribution in [2.24, 2.45) is 0 Å². The van der Waals surface area contributed by atoms with E-state index >= 15 is 0 Å². The Morgan fingerprint density at radius 3 is 2.27 bits per heavy atom. The maximum Gasteiger partial charge on any atom is 0.254 e. The van der Waals surface area contributed by atoms with Gasteiger partial charge in [-0.25, -0.2) is 8.42 Å². The molecule has 2 heterocycles. The maximum absolute atomic E-state index is 13.1. The molecular weight excluding hydrogens is 446 g/mol. The lowest BCUT2D eigenvalue weighted by atomic mass is 10.1. The number of amides is 2. The SMILES string of the molecule is COc1ccc(S(=O)(=O)N2CCN(C(=O)c3cccc(N4CCCC4=O)c3)CC2)cc1OC. The van der Waals surface area contributed by atoms with E-state index in [1.807, 2.05) is 6.07 Å². The van der Waals surface area contributed by atoms with Crippen molar-refractivity contribution in [3.05, 3.63) is 48.0 Å². The molecule has 0 aromatic heterocycles. The molecule has 4 rings (SSSR count). The van der Waals surface area contributed by atoms with Gasteiger partial charge in [0, 0.05) is 56.5 Å². The summed E-state index contributed by atoms with van der Waals surface area (Å²) in [6.07, 6.45) is 1.34. The lowest BCUT2D eigenvalue weighted by Gasteiger charge is -2.34. The topological polar surface area (TPSA) is 96.5 Å². The predicted octanol–water partition coefficient (Wildman–Crippen LogP) is 1.98. The fourth-order valence-corrected chi connectivity index (χ4v) is 5.61. The first-order chi connectivity index (χ1) is 15.8. The molecule has 0 spiro atoms. The van der Waals surface area contributed by atoms with E-state index in [1.54, 1.807) is 34.1 Å². The second-order valence-electron chi connectivity index (χ2n) is 7.91. The van der Waals surface area contributed by atoms with Gasteiger partial charge in [-0.2, -0.15) is 4.31 Å². The van der Waals surface area contributed by atoms with E-state index in [0.717, 1.165) is 12.1 Å². The Labute approximate surface area is 193 Å². The van der Waals surface area contributed by atoms with Crippen LogP contribution in [-0.4, -0.2) is 76.4 Å². The molecule has 2 aliphatic heterocycles. The molecule has 0 saturated carbocycles. The number of ether oxygens (including phenoxy) is 2. The molecule has 0 N–H and O–H groups in total. The fraction of sp³-hybridized carbons (Fsp3) is 0.391. The van der Waals surface area contributed by atoms with Gasteiger partial charge >= 0.3 is 0 Å². The van der Waals surface area contributed by atoms with Crippen molar-refractivity contribution >= 4 is 27.5 Å². The van der Waals surface area contributed by atoms with Crippen LogP contribution in [0.4, 0.5) is 5.69 Å². The van der Waals surface area contributed by atoms with Gasteiger partial charge in [-0.1, -0.05) is 6.07 Å². The van der Waals surface area contributed by atoms with E-state index in [2.05, 4.69) is 0 Å². The Hall–Kier alpha value is -3.11. The predicted molar refractivity (Wildman–Crippen MR) is 122 cm³/mol. The average Bonchev–Trinajstić information content (AvgIpc) is 3.29. The molecule has 2 aromatic carbocycles. The molecule has 0 unspecified atom stereocenters. The molecule has 33 heavy (non-hydrogen) atoms. The number of hydrogen-bond donors (Lipinski definition) is 0. The van der Waals surface area contributed by atoms with Crippen LogP contribution in [0.15, 0.2) is 47.4 Å². The van der Waals surface area contributed by atoms with Crippen LogP contribution in [0.3, 0.4) is 0 Å². The lowest BCUT2D eigenvalue weighted by Crippen LogP contribution is -2.50. The maximum atomic E-state index is 13.1. The van der Waals surface area contributed by atoms with Crippen LogP contribution in [0.25, 0.3) is 0 Å². The number of hydrogen-bond acceptors (Lipinski definition) is 6. The molecule has 0 bridgehead atoms. The van der Waals surface area contributed by atoms with E-state index in [-0.39, 0.29) is 42.9 Å². The normalized spacial score (nSPS) is 17.3. The van der Waals surface area contributed by atoms with Crippen molar-refractivity contribution < 1.29 is 27.5 Å². The first-order valence-corrected chi connectivity index (χ1v) is 12.2. The monoisotopic (exact) mass is 473 g/mol. The van der Waals surface area contributed by atoms with Gasteiger partial charge in [0.05, 0.1) is 19.1 Å². The largest absolute Gasteiger partial charge is 0.493 e. The van der Waals surface area contributed by atoms with Crippen molar-refractivity contribution in [2.45, 2.75) is 17.7 Å². The third kappa shape index (κ3) is 4.53. The van der Waals surface area contributed by atoms with Crippen LogP contribution < -0.4 is 14.4 Å². The zero-order valence-corrected chi connectivity index (χ0v) is 19.5. The van der Waals surface area contributed by atoms with Gasteiger partial charge in [0.1, 0.15) is 0 Å². The quantitative estimate of drug-likeness (QED) is 0.637. The van der Waals surface area contributed by atoms with E-state index < -0.39 is 10.0 Å². The van der Waals surface area contributed by atoms with Crippen LogP contribution in [-0.2, 0) is 14.8 Å². The zero-order valence-electron chi connectivity index (χ0n) is 18.7. The Bertz CT molecular complexity index is 1160. The van der Waals surface area contributed by atoms with Crippen LogP contribution >= 0.6 is 0 Å². The van der Waals surface area contributed by atoms with Crippen molar-refractivity contribution in [1.82, 2.24) is 9.21 Å². The Morgan fingerprint density at radius 2 is 1.64 bits per heavy atom. The van der Waals surface area contributed by atoms with Gasteiger partial charge in [-0.3, -0.25) is 9.59 Å². The molecule has 2 amide bonds. The molecule has 2 saturated heterocycles. The van der Waals surface area contributed by atoms with E-state index in [4.69, 9.17) is 9.47 Å². The number of nitrogens with zero attached hydrogens (tertiary/aromatic N) is 3. The first-order valence-electron chi connectivity index (χ1n) is 10.8. The van der Waals surface area contributed by atoms with Crippen molar-refractivity contribution in [3.8, 4) is 11.5 Å². The highest BCUT2D eigenvalue weighted by Gasteiger charge is 2.31. The molecule has 9 nitrogen and oxygen atoms in total. The molecule has 176 valence electrons. The number of benzene rings is 2. The number of piperazine rings is 1. The highest BCUT2D eigenvalue weighted by atomic mass is 32.2. The van der Waals surface area contributed by atoms with E-state index in [9.17, 15) is 18.0 Å². The van der Waals surface area contributed by atoms with Crippen LogP contribution in [0.5, 0.6) is 11.5 Å². The smallest absolute Gasteiger partial charge is 0.254 e. The molecular formula is C23H27N3O6S. The standard InChI is InChI=1S/C23H27N3O6S/c1-31-20-9-8-19(16-21(20)32-2)33(29,30)25-13-11-24(12-14-25)23(28)17-5-3-6-18(15-17)26-10-4-7-22(26)27/h3,5-6,8-9,15-16H,4,7,10-14H2,1-2H3. The molecule has 10 heteroatoms. The number of methoxy groups -OCH3 is 2. The van der Waals surface area contributed by atoms with E-state index in [0.29, 0.717) is 30.0 Å². The summed E-state index contributed by atoms with van der Waals surface area (Å²) in [5, 5.41) is 0. The average molecular weight is 474 g/mol. The third-order valence-electron chi connectivity index (χ3n) is 6.00. The molecule has 0 atom stereocenters. The van der Waals surface area contributed by atoms with Crippen LogP contribution in [0, 0.1) is 0 Å². The molecule has 0 aliphatic carbocycles. The Morgan fingerprint density at radius 1 is 0.909 bits per heavy atom. The molecule has 0 radical (unpaired) electrons. The Balaban J connectivity index is 1.44. The van der Waals surface area contributed by atoms with Gasteiger partial charge in [0.15, 0.2) is 11.5 Å². The number of sulfonamides is 1. The molecule has 2 aromatic rings. The fourth-order valence-electron chi connectivity index (χ4n) is 4.17. The molecule has 2 aliphatic rings. The summed E-state index contributed by atoms with van der Waals surface area (Å²) in [4.78, 5) is 28.5. The minimum atomic E-state index is -3.74. The number of carbonyl (C=O) groups is 2. The van der Waals surface area contributed by atoms with Crippen molar-refractivity contribution in [3.63, 3.8) is 0 Å². The Kier molecular flexibility index (Phi) is 6.57. The summed E-state index contributed by atoms with van der Waals surface area (Å²) in [6, 6.07) is 11.5. The second kappa shape index (κ2) is 9.40. The van der Waals surface area contributed by atoms with Gasteiger partial charge in [0.25, 0.3) is 5.91 Å². The highest BCUT2D eigenvalue weighted by Crippen LogP contribution is 2.31. The second-order valence-corrected chi connectivity index (χ2v) is 9.85. The summed E-state index contributed by atoms with van der Waals surface area (Å²) >= 11 is 0. The third-order valence-corrected chi connectivity index (χ3v) is 7.89. The van der Waals surface area contributed by atoms with E-state index in [1.165, 1.54) is 30.7 Å². The van der Waals surface area contributed by atoms with Crippen molar-refractivity contribution in [2.75, 3.05) is 51.8 Å². The van der Waals surface area contributed by atoms with Gasteiger partial charge < -0.3 is 19.3 Å². The van der Waals surface area contributed by atoms with Gasteiger partial charge in [-0.05, 0) is 36.8 Å².